The van der Waals surface area contributed by atoms with Crippen LogP contribution in [0.3, 0.4) is 0 Å². The predicted molar refractivity (Wildman–Crippen MR) is 136 cm³/mol. The Kier molecular flexibility index (Phi) is 6.95. The summed E-state index contributed by atoms with van der Waals surface area (Å²) in [6, 6.07) is 9.60. The second kappa shape index (κ2) is 9.78. The number of pyridine rings is 2. The van der Waals surface area contributed by atoms with Gasteiger partial charge in [-0.15, -0.1) is 0 Å². The second-order valence-corrected chi connectivity index (χ2v) is 10.1. The molecule has 0 fully saturated rings. The molecule has 0 unspecified atom stereocenters. The van der Waals surface area contributed by atoms with Gasteiger partial charge in [-0.05, 0) is 49.7 Å². The summed E-state index contributed by atoms with van der Waals surface area (Å²) < 4.78 is 32.9. The van der Waals surface area contributed by atoms with E-state index >= 15 is 0 Å². The van der Waals surface area contributed by atoms with Crippen LogP contribution >= 0.6 is 11.6 Å². The third kappa shape index (κ3) is 5.54. The van der Waals surface area contributed by atoms with Gasteiger partial charge in [0.25, 0.3) is 0 Å². The first-order valence-corrected chi connectivity index (χ1v) is 11.8. The van der Waals surface area contributed by atoms with E-state index in [1.807, 2.05) is 38.4 Å². The lowest BCUT2D eigenvalue weighted by Gasteiger charge is -2.31. The summed E-state index contributed by atoms with van der Waals surface area (Å²) in [5, 5.41) is 0.488. The molecular formula is C28H28ClF2N3O. The lowest BCUT2D eigenvalue weighted by atomic mass is 9.90. The third-order valence-corrected chi connectivity index (χ3v) is 6.25. The molecule has 1 aromatic carbocycles. The molecule has 0 saturated carbocycles. The van der Waals surface area contributed by atoms with Gasteiger partial charge < -0.3 is 9.64 Å². The molecule has 4 nitrogen and oxygen atoms in total. The maximum Gasteiger partial charge on any atom is 0.137 e. The van der Waals surface area contributed by atoms with Gasteiger partial charge in [-0.2, -0.15) is 0 Å². The summed E-state index contributed by atoms with van der Waals surface area (Å²) in [6.45, 7) is 10.7. The fraction of sp³-hybridized carbons (Fsp3) is 0.286. The van der Waals surface area contributed by atoms with Crippen LogP contribution < -0.4 is 4.90 Å². The van der Waals surface area contributed by atoms with E-state index in [-0.39, 0.29) is 17.6 Å². The molecule has 3 aromatic rings. The van der Waals surface area contributed by atoms with Crippen LogP contribution in [0.2, 0.25) is 0 Å². The molecule has 0 N–H and O–H groups in total. The van der Waals surface area contributed by atoms with Crippen LogP contribution in [0.1, 0.15) is 44.6 Å². The average Bonchev–Trinajstić information content (AvgIpc) is 2.80. The van der Waals surface area contributed by atoms with Gasteiger partial charge in [0.2, 0.25) is 0 Å². The predicted octanol–water partition coefficient (Wildman–Crippen LogP) is 7.42. The van der Waals surface area contributed by atoms with Crippen LogP contribution in [0.5, 0.6) is 0 Å². The Balaban J connectivity index is 1.58. The van der Waals surface area contributed by atoms with Crippen molar-refractivity contribution in [3.05, 3.63) is 99.9 Å². The summed E-state index contributed by atoms with van der Waals surface area (Å²) >= 11 is 6.59. The first kappa shape index (κ1) is 24.9. The minimum absolute atomic E-state index is 0.0460. The number of anilines is 1. The van der Waals surface area contributed by atoms with Crippen LogP contribution in [-0.4, -0.2) is 16.5 Å². The summed E-state index contributed by atoms with van der Waals surface area (Å²) in [4.78, 5) is 11.2. The average molecular weight is 496 g/mol. The Bertz CT molecular complexity index is 1330. The maximum atomic E-state index is 14.0. The molecule has 182 valence electrons. The Hall–Kier alpha value is -3.25. The highest BCUT2D eigenvalue weighted by Gasteiger charge is 2.22. The number of hydrogen-bond acceptors (Lipinski definition) is 4. The smallest absolute Gasteiger partial charge is 0.137 e. The molecule has 1 aliphatic rings. The summed E-state index contributed by atoms with van der Waals surface area (Å²) in [5.41, 5.74) is 5.96. The number of ether oxygens (including phenoxy) is 1. The van der Waals surface area contributed by atoms with Crippen molar-refractivity contribution in [2.45, 2.75) is 46.6 Å². The highest BCUT2D eigenvalue weighted by atomic mass is 35.5. The van der Waals surface area contributed by atoms with Gasteiger partial charge in [-0.3, -0.25) is 9.97 Å². The molecule has 3 heterocycles. The van der Waals surface area contributed by atoms with Gasteiger partial charge in [-0.25, -0.2) is 8.78 Å². The Morgan fingerprint density at radius 2 is 1.80 bits per heavy atom. The fourth-order valence-electron chi connectivity index (χ4n) is 3.85. The van der Waals surface area contributed by atoms with Gasteiger partial charge in [0, 0.05) is 52.5 Å². The normalized spacial score (nSPS) is 14.3. The Morgan fingerprint density at radius 1 is 1.03 bits per heavy atom. The standard InChI is InChI=1S/C28H28ClF2N3O/c1-17-10-26(35-16-20-6-7-22(30)13-24(20)31)23(29)15-34(17)25-11-21(14-33-18(25)2)19-8-9-32-27(12-19)28(3,4)5/h6-14H,15-16H2,1-5H3. The van der Waals surface area contributed by atoms with Crippen molar-refractivity contribution in [1.29, 1.82) is 0 Å². The van der Waals surface area contributed by atoms with Crippen molar-refractivity contribution in [2.24, 2.45) is 0 Å². The fourth-order valence-corrected chi connectivity index (χ4v) is 4.08. The number of halogens is 3. The van der Waals surface area contributed by atoms with E-state index in [1.165, 1.54) is 12.1 Å². The summed E-state index contributed by atoms with van der Waals surface area (Å²) in [5.74, 6) is -0.806. The zero-order valence-corrected chi connectivity index (χ0v) is 21.3. The van der Waals surface area contributed by atoms with Crippen molar-refractivity contribution in [2.75, 3.05) is 11.4 Å². The molecule has 0 amide bonds. The number of allylic oxidation sites excluding steroid dienone is 2. The number of aromatic nitrogens is 2. The van der Waals surface area contributed by atoms with E-state index in [0.717, 1.165) is 40.0 Å². The molecule has 1 aliphatic heterocycles. The van der Waals surface area contributed by atoms with Gasteiger partial charge in [-0.1, -0.05) is 32.4 Å². The van der Waals surface area contributed by atoms with Crippen molar-refractivity contribution in [3.63, 3.8) is 0 Å². The molecule has 0 atom stereocenters. The largest absolute Gasteiger partial charge is 0.487 e. The number of nitrogens with zero attached hydrogens (tertiary/aromatic N) is 3. The second-order valence-electron chi connectivity index (χ2n) is 9.67. The van der Waals surface area contributed by atoms with E-state index in [2.05, 4.69) is 47.8 Å². The summed E-state index contributed by atoms with van der Waals surface area (Å²) in [7, 11) is 0. The van der Waals surface area contributed by atoms with Gasteiger partial charge in [0.1, 0.15) is 24.0 Å². The summed E-state index contributed by atoms with van der Waals surface area (Å²) in [6.07, 6.45) is 5.52. The molecular weight excluding hydrogens is 468 g/mol. The number of aryl methyl sites for hydroxylation is 1. The number of rotatable bonds is 5. The highest BCUT2D eigenvalue weighted by molar-refractivity contribution is 6.30. The first-order chi connectivity index (χ1) is 16.5. The van der Waals surface area contributed by atoms with E-state index in [9.17, 15) is 8.78 Å². The van der Waals surface area contributed by atoms with Crippen LogP contribution in [0.25, 0.3) is 11.1 Å². The van der Waals surface area contributed by atoms with Crippen LogP contribution in [-0.2, 0) is 16.8 Å². The minimum Gasteiger partial charge on any atom is -0.487 e. The third-order valence-electron chi connectivity index (χ3n) is 5.94. The lowest BCUT2D eigenvalue weighted by Crippen LogP contribution is -2.27. The van der Waals surface area contributed by atoms with Crippen molar-refractivity contribution in [1.82, 2.24) is 9.97 Å². The molecule has 2 aromatic heterocycles. The molecule has 0 saturated heterocycles. The quantitative estimate of drug-likeness (QED) is 0.369. The molecule has 0 spiro atoms. The van der Waals surface area contributed by atoms with Crippen molar-refractivity contribution in [3.8, 4) is 11.1 Å². The Labute approximate surface area is 209 Å². The van der Waals surface area contributed by atoms with Crippen molar-refractivity contribution >= 4 is 17.3 Å². The zero-order chi connectivity index (χ0) is 25.3. The zero-order valence-electron chi connectivity index (χ0n) is 20.5. The molecule has 0 aliphatic carbocycles. The van der Waals surface area contributed by atoms with E-state index < -0.39 is 11.6 Å². The minimum atomic E-state index is -0.649. The van der Waals surface area contributed by atoms with Crippen LogP contribution in [0, 0.1) is 18.6 Å². The molecule has 0 bridgehead atoms. The first-order valence-electron chi connectivity index (χ1n) is 11.4. The topological polar surface area (TPSA) is 38.2 Å². The highest BCUT2D eigenvalue weighted by Crippen LogP contribution is 2.34. The van der Waals surface area contributed by atoms with Gasteiger partial charge in [0.05, 0.1) is 23.0 Å². The Morgan fingerprint density at radius 3 is 2.51 bits per heavy atom. The van der Waals surface area contributed by atoms with E-state index in [1.54, 1.807) is 0 Å². The SMILES string of the molecule is CC1=CC(OCc2ccc(F)cc2F)=C(Cl)CN1c1cc(-c2ccnc(C(C)(C)C)c2)cnc1C. The van der Waals surface area contributed by atoms with Crippen LogP contribution in [0.4, 0.5) is 14.5 Å². The lowest BCUT2D eigenvalue weighted by molar-refractivity contribution is 0.204. The monoisotopic (exact) mass is 495 g/mol. The molecule has 7 heteroatoms. The molecule has 0 radical (unpaired) electrons. The van der Waals surface area contributed by atoms with Crippen LogP contribution in [0.15, 0.2) is 71.4 Å². The molecule has 35 heavy (non-hydrogen) atoms. The maximum absolute atomic E-state index is 14.0. The van der Waals surface area contributed by atoms with Gasteiger partial charge in [0.15, 0.2) is 0 Å². The van der Waals surface area contributed by atoms with Gasteiger partial charge >= 0.3 is 0 Å². The number of benzene rings is 1. The molecule has 4 rings (SSSR count). The van der Waals surface area contributed by atoms with E-state index in [4.69, 9.17) is 16.3 Å². The van der Waals surface area contributed by atoms with E-state index in [0.29, 0.717) is 17.3 Å². The van der Waals surface area contributed by atoms with Crippen molar-refractivity contribution < 1.29 is 13.5 Å². The number of hydrogen-bond donors (Lipinski definition) is 0.